The molecular weight excluding hydrogens is 538 g/mol. The number of hydrogen-bond acceptors (Lipinski definition) is 8. The number of nitrogens with one attached hydrogen (secondary N) is 1. The lowest BCUT2D eigenvalue weighted by Gasteiger charge is -2.40. The van der Waals surface area contributed by atoms with E-state index in [1.807, 2.05) is 0 Å². The first-order valence-electron chi connectivity index (χ1n) is 16.9. The van der Waals surface area contributed by atoms with E-state index in [2.05, 4.69) is 31.3 Å². The van der Waals surface area contributed by atoms with Crippen molar-refractivity contribution in [3.8, 4) is 0 Å². The number of ether oxygens (including phenoxy) is 2. The second-order valence-corrected chi connectivity index (χ2v) is 12.0. The summed E-state index contributed by atoms with van der Waals surface area (Å²) in [4.78, 5) is 12.8. The van der Waals surface area contributed by atoms with Gasteiger partial charge in [-0.05, 0) is 32.1 Å². The molecule has 0 saturated carbocycles. The van der Waals surface area contributed by atoms with Crippen LogP contribution in [0.15, 0.2) is 12.2 Å². The van der Waals surface area contributed by atoms with Crippen LogP contribution in [0.25, 0.3) is 0 Å². The van der Waals surface area contributed by atoms with E-state index in [1.165, 1.54) is 44.9 Å². The normalized spacial score (nSPS) is 24.2. The number of carbonyl (C=O) groups is 1. The van der Waals surface area contributed by atoms with Gasteiger partial charge >= 0.3 is 0 Å². The molecule has 0 radical (unpaired) electrons. The highest BCUT2D eigenvalue weighted by atomic mass is 16.7. The lowest BCUT2D eigenvalue weighted by molar-refractivity contribution is -0.302. The summed E-state index contributed by atoms with van der Waals surface area (Å²) in [5.74, 6) is -0.161. The Labute approximate surface area is 255 Å². The van der Waals surface area contributed by atoms with Crippen molar-refractivity contribution in [2.45, 2.75) is 179 Å². The molecule has 0 aromatic rings. The third-order valence-corrected chi connectivity index (χ3v) is 8.10. The zero-order valence-corrected chi connectivity index (χ0v) is 26.5. The third kappa shape index (κ3) is 17.3. The van der Waals surface area contributed by atoms with Gasteiger partial charge in [-0.1, -0.05) is 109 Å². The molecule has 0 spiro atoms. The summed E-state index contributed by atoms with van der Waals surface area (Å²) < 4.78 is 11.1. The monoisotopic (exact) mass is 601 g/mol. The summed E-state index contributed by atoms with van der Waals surface area (Å²) in [5.41, 5.74) is 0. The largest absolute Gasteiger partial charge is 0.394 e. The molecule has 0 bridgehead atoms. The predicted octanol–water partition coefficient (Wildman–Crippen LogP) is 4.66. The highest BCUT2D eigenvalue weighted by Crippen LogP contribution is 2.23. The zero-order chi connectivity index (χ0) is 31.0. The smallest absolute Gasteiger partial charge is 0.220 e. The average Bonchev–Trinajstić information content (AvgIpc) is 2.98. The van der Waals surface area contributed by atoms with Crippen LogP contribution in [0.1, 0.15) is 136 Å². The zero-order valence-electron chi connectivity index (χ0n) is 26.5. The number of amides is 1. The molecule has 7 unspecified atom stereocenters. The summed E-state index contributed by atoms with van der Waals surface area (Å²) in [5, 5.41) is 53.7. The fourth-order valence-electron chi connectivity index (χ4n) is 5.28. The van der Waals surface area contributed by atoms with Crippen LogP contribution in [0.3, 0.4) is 0 Å². The Bertz CT molecular complexity index is 676. The van der Waals surface area contributed by atoms with Crippen molar-refractivity contribution >= 4 is 5.91 Å². The van der Waals surface area contributed by atoms with E-state index in [-0.39, 0.29) is 12.5 Å². The highest BCUT2D eigenvalue weighted by molar-refractivity contribution is 5.76. The molecule has 9 heteroatoms. The van der Waals surface area contributed by atoms with Crippen molar-refractivity contribution in [3.63, 3.8) is 0 Å². The Morgan fingerprint density at radius 1 is 0.786 bits per heavy atom. The van der Waals surface area contributed by atoms with Crippen molar-refractivity contribution < 1.29 is 39.8 Å². The molecule has 248 valence electrons. The quantitative estimate of drug-likeness (QED) is 0.0620. The van der Waals surface area contributed by atoms with Gasteiger partial charge in [0.2, 0.25) is 5.91 Å². The molecule has 42 heavy (non-hydrogen) atoms. The number of rotatable bonds is 26. The Kier molecular flexibility index (Phi) is 23.4. The van der Waals surface area contributed by atoms with Crippen LogP contribution < -0.4 is 5.32 Å². The minimum Gasteiger partial charge on any atom is -0.394 e. The SMILES string of the molecule is CCC/C=C\CCCCCCCC(=O)NC(COC1OC(CO)C(O)C(O)C1O)C(O)CCCCCCCCCCC. The van der Waals surface area contributed by atoms with E-state index in [0.29, 0.717) is 12.8 Å². The molecule has 9 nitrogen and oxygen atoms in total. The molecule has 7 atom stereocenters. The summed E-state index contributed by atoms with van der Waals surface area (Å²) >= 11 is 0. The van der Waals surface area contributed by atoms with Gasteiger partial charge in [-0.15, -0.1) is 0 Å². The van der Waals surface area contributed by atoms with E-state index in [1.54, 1.807) is 0 Å². The molecule has 0 aromatic carbocycles. The molecule has 0 aliphatic carbocycles. The van der Waals surface area contributed by atoms with Gasteiger partial charge in [0.1, 0.15) is 24.4 Å². The van der Waals surface area contributed by atoms with Gasteiger partial charge in [0.05, 0.1) is 25.4 Å². The number of hydrogen-bond donors (Lipinski definition) is 6. The minimum atomic E-state index is -1.55. The molecule has 1 aliphatic rings. The Morgan fingerprint density at radius 2 is 1.38 bits per heavy atom. The predicted molar refractivity (Wildman–Crippen MR) is 166 cm³/mol. The highest BCUT2D eigenvalue weighted by Gasteiger charge is 2.44. The molecule has 1 amide bonds. The van der Waals surface area contributed by atoms with Gasteiger partial charge in [0.15, 0.2) is 6.29 Å². The molecule has 1 aliphatic heterocycles. The summed E-state index contributed by atoms with van der Waals surface area (Å²) in [6, 6.07) is -0.714. The third-order valence-electron chi connectivity index (χ3n) is 8.10. The Balaban J connectivity index is 2.50. The van der Waals surface area contributed by atoms with Crippen LogP contribution in [0.2, 0.25) is 0 Å². The first kappa shape index (κ1) is 39.0. The average molecular weight is 602 g/mol. The van der Waals surface area contributed by atoms with Crippen LogP contribution in [0.5, 0.6) is 0 Å². The van der Waals surface area contributed by atoms with E-state index in [4.69, 9.17) is 9.47 Å². The Hall–Kier alpha value is -1.07. The van der Waals surface area contributed by atoms with Crippen molar-refractivity contribution in [1.29, 1.82) is 0 Å². The van der Waals surface area contributed by atoms with Crippen molar-refractivity contribution in [2.24, 2.45) is 0 Å². The number of carbonyl (C=O) groups excluding carboxylic acids is 1. The topological polar surface area (TPSA) is 149 Å². The maximum absolute atomic E-state index is 12.8. The van der Waals surface area contributed by atoms with Gasteiger partial charge in [0.25, 0.3) is 0 Å². The van der Waals surface area contributed by atoms with E-state index < -0.39 is 49.5 Å². The van der Waals surface area contributed by atoms with Gasteiger partial charge in [-0.25, -0.2) is 0 Å². The van der Waals surface area contributed by atoms with E-state index in [0.717, 1.165) is 64.2 Å². The van der Waals surface area contributed by atoms with Crippen LogP contribution in [-0.2, 0) is 14.3 Å². The number of allylic oxidation sites excluding steroid dienone is 2. The van der Waals surface area contributed by atoms with Gasteiger partial charge in [-0.2, -0.15) is 0 Å². The molecule has 1 rings (SSSR count). The number of unbranched alkanes of at least 4 members (excludes halogenated alkanes) is 14. The summed E-state index contributed by atoms with van der Waals surface area (Å²) in [7, 11) is 0. The first-order valence-corrected chi connectivity index (χ1v) is 16.9. The minimum absolute atomic E-state index is 0.140. The molecule has 6 N–H and O–H groups in total. The fraction of sp³-hybridized carbons (Fsp3) is 0.909. The molecule has 1 heterocycles. The van der Waals surface area contributed by atoms with Gasteiger partial charge in [0, 0.05) is 6.42 Å². The van der Waals surface area contributed by atoms with Crippen LogP contribution in [0, 0.1) is 0 Å². The van der Waals surface area contributed by atoms with Crippen LogP contribution in [-0.4, -0.2) is 87.5 Å². The number of aliphatic hydroxyl groups is 5. The maximum atomic E-state index is 12.8. The standard InChI is InChI=1S/C33H63NO8/c1-3-5-7-9-11-13-15-17-19-21-23-29(37)34-26(27(36)22-20-18-16-14-12-10-8-6-4-2)25-41-33-32(40)31(39)30(38)28(24-35)42-33/h7,9,26-28,30-33,35-36,38-40H,3-6,8,10-25H2,1-2H3,(H,34,37)/b9-7-. The second-order valence-electron chi connectivity index (χ2n) is 12.0. The van der Waals surface area contributed by atoms with E-state index >= 15 is 0 Å². The lowest BCUT2D eigenvalue weighted by Crippen LogP contribution is -2.60. The first-order chi connectivity index (χ1) is 20.3. The molecule has 1 saturated heterocycles. The van der Waals surface area contributed by atoms with Crippen LogP contribution in [0.4, 0.5) is 0 Å². The maximum Gasteiger partial charge on any atom is 0.220 e. The van der Waals surface area contributed by atoms with Crippen molar-refractivity contribution in [3.05, 3.63) is 12.2 Å². The number of aliphatic hydroxyl groups excluding tert-OH is 5. The second kappa shape index (κ2) is 25.3. The summed E-state index contributed by atoms with van der Waals surface area (Å²) in [6.45, 7) is 3.70. The van der Waals surface area contributed by atoms with Crippen molar-refractivity contribution in [1.82, 2.24) is 5.32 Å². The molecular formula is C33H63NO8. The van der Waals surface area contributed by atoms with Crippen LogP contribution >= 0.6 is 0 Å². The van der Waals surface area contributed by atoms with Crippen molar-refractivity contribution in [2.75, 3.05) is 13.2 Å². The summed E-state index contributed by atoms with van der Waals surface area (Å²) in [6.07, 6.45) is 16.6. The molecule has 0 aromatic heterocycles. The lowest BCUT2D eigenvalue weighted by atomic mass is 9.99. The van der Waals surface area contributed by atoms with E-state index in [9.17, 15) is 30.3 Å². The van der Waals surface area contributed by atoms with Gasteiger partial charge < -0.3 is 40.3 Å². The fourth-order valence-corrected chi connectivity index (χ4v) is 5.28. The molecule has 1 fully saturated rings. The Morgan fingerprint density at radius 3 is 2.02 bits per heavy atom. The van der Waals surface area contributed by atoms with Gasteiger partial charge in [-0.3, -0.25) is 4.79 Å².